The van der Waals surface area contributed by atoms with Crippen LogP contribution in [0.3, 0.4) is 0 Å². The van der Waals surface area contributed by atoms with Crippen LogP contribution in [-0.4, -0.2) is 36.0 Å². The number of hydrogen-bond acceptors (Lipinski definition) is 3. The zero-order chi connectivity index (χ0) is 13.4. The Bertz CT molecular complexity index is 341. The summed E-state index contributed by atoms with van der Waals surface area (Å²) < 4.78 is 0. The zero-order valence-corrected chi connectivity index (χ0v) is 12.7. The van der Waals surface area contributed by atoms with E-state index in [1.54, 1.807) is 0 Å². The summed E-state index contributed by atoms with van der Waals surface area (Å²) in [5.74, 6) is 2.40. The molecule has 0 amide bonds. The van der Waals surface area contributed by atoms with Gasteiger partial charge in [0.2, 0.25) is 0 Å². The van der Waals surface area contributed by atoms with Crippen LogP contribution >= 0.6 is 11.8 Å². The largest absolute Gasteiger partial charge is 0.329 e. The smallest absolute Gasteiger partial charge is 0.0234 e. The minimum Gasteiger partial charge on any atom is -0.329 e. The van der Waals surface area contributed by atoms with Gasteiger partial charge in [-0.25, -0.2) is 0 Å². The average molecular weight is 266 g/mol. The Kier molecular flexibility index (Phi) is 7.40. The Morgan fingerprint density at radius 2 is 2.17 bits per heavy atom. The van der Waals surface area contributed by atoms with Crippen LogP contribution in [0.1, 0.15) is 24.5 Å². The van der Waals surface area contributed by atoms with Crippen LogP contribution in [0.2, 0.25) is 0 Å². The molecule has 0 aromatic heterocycles. The maximum atomic E-state index is 5.89. The molecule has 1 atom stereocenters. The quantitative estimate of drug-likeness (QED) is 0.734. The van der Waals surface area contributed by atoms with Crippen LogP contribution in [0.5, 0.6) is 0 Å². The summed E-state index contributed by atoms with van der Waals surface area (Å²) in [5, 5.41) is 0. The predicted octanol–water partition coefficient (Wildman–Crippen LogP) is 2.90. The summed E-state index contributed by atoms with van der Waals surface area (Å²) in [7, 11) is 2.18. The molecule has 0 aliphatic heterocycles. The van der Waals surface area contributed by atoms with Gasteiger partial charge in [-0.1, -0.05) is 36.8 Å². The molecule has 18 heavy (non-hydrogen) atoms. The fourth-order valence-electron chi connectivity index (χ4n) is 2.11. The van der Waals surface area contributed by atoms with Crippen molar-refractivity contribution < 1.29 is 0 Å². The van der Waals surface area contributed by atoms with Gasteiger partial charge >= 0.3 is 0 Å². The summed E-state index contributed by atoms with van der Waals surface area (Å²) >= 11 is 2.00. The summed E-state index contributed by atoms with van der Waals surface area (Å²) in [6.45, 7) is 6.08. The Hall–Kier alpha value is -0.510. The van der Waals surface area contributed by atoms with E-state index in [1.165, 1.54) is 29.1 Å². The Balaban J connectivity index is 2.48. The first-order chi connectivity index (χ1) is 8.67. The second kappa shape index (κ2) is 8.57. The van der Waals surface area contributed by atoms with Crippen LogP contribution in [0.15, 0.2) is 24.3 Å². The van der Waals surface area contributed by atoms with Crippen LogP contribution in [-0.2, 0) is 6.54 Å². The number of likely N-dealkylation sites (N-methyl/N-ethyl adjacent to an activating group) is 1. The molecule has 0 saturated heterocycles. The lowest BCUT2D eigenvalue weighted by molar-refractivity contribution is 0.234. The molecular formula is C15H26N2S. The minimum absolute atomic E-state index is 0.490. The van der Waals surface area contributed by atoms with Crippen LogP contribution in [0.25, 0.3) is 0 Å². The Morgan fingerprint density at radius 1 is 1.39 bits per heavy atom. The lowest BCUT2D eigenvalue weighted by atomic mass is 10.1. The van der Waals surface area contributed by atoms with Crippen molar-refractivity contribution in [3.05, 3.63) is 35.4 Å². The van der Waals surface area contributed by atoms with E-state index in [4.69, 9.17) is 5.73 Å². The molecule has 0 spiro atoms. The van der Waals surface area contributed by atoms with Gasteiger partial charge in [0.05, 0.1) is 0 Å². The maximum Gasteiger partial charge on any atom is 0.0234 e. The number of nitrogens with zero attached hydrogens (tertiary/aromatic N) is 1. The summed E-state index contributed by atoms with van der Waals surface area (Å²) in [5.41, 5.74) is 8.59. The van der Waals surface area contributed by atoms with Crippen molar-refractivity contribution >= 4 is 11.8 Å². The van der Waals surface area contributed by atoms with Gasteiger partial charge in [0, 0.05) is 19.1 Å². The topological polar surface area (TPSA) is 29.3 Å². The highest BCUT2D eigenvalue weighted by Gasteiger charge is 2.12. The monoisotopic (exact) mass is 266 g/mol. The molecule has 0 fully saturated rings. The molecule has 1 rings (SSSR count). The molecule has 0 heterocycles. The van der Waals surface area contributed by atoms with Crippen molar-refractivity contribution in [3.63, 3.8) is 0 Å². The van der Waals surface area contributed by atoms with Gasteiger partial charge in [0.15, 0.2) is 0 Å². The van der Waals surface area contributed by atoms with Crippen molar-refractivity contribution in [3.8, 4) is 0 Å². The third kappa shape index (κ3) is 5.42. The number of nitrogens with two attached hydrogens (primary N) is 1. The Labute approximate surface area is 116 Å². The third-order valence-electron chi connectivity index (χ3n) is 3.21. The summed E-state index contributed by atoms with van der Waals surface area (Å²) in [6, 6.07) is 9.21. The van der Waals surface area contributed by atoms with Gasteiger partial charge in [-0.15, -0.1) is 0 Å². The number of thioether (sulfide) groups is 1. The highest BCUT2D eigenvalue weighted by atomic mass is 32.2. The highest BCUT2D eigenvalue weighted by molar-refractivity contribution is 7.99. The first-order valence-electron chi connectivity index (χ1n) is 6.71. The van der Waals surface area contributed by atoms with Crippen molar-refractivity contribution in [2.24, 2.45) is 5.73 Å². The molecule has 102 valence electrons. The van der Waals surface area contributed by atoms with Gasteiger partial charge in [0.25, 0.3) is 0 Å². The molecule has 0 radical (unpaired) electrons. The van der Waals surface area contributed by atoms with E-state index in [0.29, 0.717) is 6.04 Å². The molecular weight excluding hydrogens is 240 g/mol. The van der Waals surface area contributed by atoms with Gasteiger partial charge in [-0.3, -0.25) is 4.90 Å². The van der Waals surface area contributed by atoms with E-state index in [0.717, 1.165) is 13.1 Å². The second-order valence-electron chi connectivity index (χ2n) is 4.78. The number of hydrogen-bond donors (Lipinski definition) is 1. The van der Waals surface area contributed by atoms with Crippen LogP contribution < -0.4 is 5.73 Å². The minimum atomic E-state index is 0.490. The van der Waals surface area contributed by atoms with E-state index in [2.05, 4.69) is 50.1 Å². The zero-order valence-electron chi connectivity index (χ0n) is 11.9. The molecule has 1 aromatic rings. The number of benzene rings is 1. The van der Waals surface area contributed by atoms with E-state index < -0.39 is 0 Å². The molecule has 3 heteroatoms. The third-order valence-corrected chi connectivity index (χ3v) is 4.14. The van der Waals surface area contributed by atoms with Crippen molar-refractivity contribution in [1.29, 1.82) is 0 Å². The van der Waals surface area contributed by atoms with Crippen LogP contribution in [0, 0.1) is 6.92 Å². The molecule has 2 nitrogen and oxygen atoms in total. The molecule has 0 aliphatic rings. The highest BCUT2D eigenvalue weighted by Crippen LogP contribution is 2.12. The van der Waals surface area contributed by atoms with Crippen molar-refractivity contribution in [1.82, 2.24) is 4.90 Å². The normalized spacial score (nSPS) is 12.9. The van der Waals surface area contributed by atoms with Gasteiger partial charge in [-0.05, 0) is 37.5 Å². The van der Waals surface area contributed by atoms with Gasteiger partial charge in [-0.2, -0.15) is 11.8 Å². The van der Waals surface area contributed by atoms with E-state index >= 15 is 0 Å². The molecule has 1 aromatic carbocycles. The lowest BCUT2D eigenvalue weighted by Crippen LogP contribution is -2.37. The number of rotatable bonds is 8. The summed E-state index contributed by atoms with van der Waals surface area (Å²) in [4.78, 5) is 2.38. The van der Waals surface area contributed by atoms with E-state index in [9.17, 15) is 0 Å². The Morgan fingerprint density at radius 3 is 2.78 bits per heavy atom. The predicted molar refractivity (Wildman–Crippen MR) is 83.1 cm³/mol. The number of aryl methyl sites for hydroxylation is 1. The molecule has 0 aliphatic carbocycles. The first-order valence-corrected chi connectivity index (χ1v) is 7.86. The fraction of sp³-hybridized carbons (Fsp3) is 0.600. The molecule has 2 N–H and O–H groups in total. The standard InChI is InChI=1S/C15H26N2S/c1-4-18-9-8-15(11-16)17(3)12-14-7-5-6-13(2)10-14/h5-7,10,15H,4,8-9,11-12,16H2,1-3H3. The lowest BCUT2D eigenvalue weighted by Gasteiger charge is -2.27. The van der Waals surface area contributed by atoms with Gasteiger partial charge < -0.3 is 5.73 Å². The van der Waals surface area contributed by atoms with Crippen molar-refractivity contribution in [2.75, 3.05) is 25.1 Å². The SMILES string of the molecule is CCSCCC(CN)N(C)Cc1cccc(C)c1. The average Bonchev–Trinajstić information content (AvgIpc) is 2.34. The molecule has 0 saturated carbocycles. The van der Waals surface area contributed by atoms with E-state index in [1.807, 2.05) is 11.8 Å². The second-order valence-corrected chi connectivity index (χ2v) is 6.17. The molecule has 1 unspecified atom stereocenters. The maximum absolute atomic E-state index is 5.89. The van der Waals surface area contributed by atoms with Crippen molar-refractivity contribution in [2.45, 2.75) is 32.9 Å². The van der Waals surface area contributed by atoms with Crippen LogP contribution in [0.4, 0.5) is 0 Å². The fourth-order valence-corrected chi connectivity index (χ4v) is 2.84. The first kappa shape index (κ1) is 15.5. The van der Waals surface area contributed by atoms with E-state index in [-0.39, 0.29) is 0 Å². The molecule has 0 bridgehead atoms. The van der Waals surface area contributed by atoms with Gasteiger partial charge in [0.1, 0.15) is 0 Å². The summed E-state index contributed by atoms with van der Waals surface area (Å²) in [6.07, 6.45) is 1.18.